The standard InChI is InChI=1S/C22H33N7OS.HI/c1-3-23-22(28-10-11-29(21(30)17-28)19-14-25-26(2)15-19)24-13-18-6-8-27(9-7-18)16-20-5-4-12-31-20;/h4-5,12,14-15,18H,3,6-11,13,16-17H2,1-2H3,(H,23,24);1H. The van der Waals surface area contributed by atoms with Crippen LogP contribution in [0.5, 0.6) is 0 Å². The zero-order chi connectivity index (χ0) is 21.6. The Hall–Kier alpha value is -1.66. The molecule has 2 aliphatic rings. The molecule has 0 saturated carbocycles. The molecule has 0 radical (unpaired) electrons. The molecule has 0 unspecified atom stereocenters. The predicted octanol–water partition coefficient (Wildman–Crippen LogP) is 2.63. The van der Waals surface area contributed by atoms with Gasteiger partial charge in [-0.3, -0.25) is 19.4 Å². The van der Waals surface area contributed by atoms with Crippen molar-refractivity contribution in [3.8, 4) is 0 Å². The minimum atomic E-state index is 0. The van der Waals surface area contributed by atoms with Crippen LogP contribution in [0.3, 0.4) is 0 Å². The molecular weight excluding hydrogens is 537 g/mol. The highest BCUT2D eigenvalue weighted by Crippen LogP contribution is 2.21. The van der Waals surface area contributed by atoms with E-state index in [1.165, 1.54) is 17.7 Å². The Morgan fingerprint density at radius 2 is 2.09 bits per heavy atom. The van der Waals surface area contributed by atoms with Crippen LogP contribution in [0, 0.1) is 5.92 Å². The Labute approximate surface area is 211 Å². The largest absolute Gasteiger partial charge is 0.357 e. The number of nitrogens with one attached hydrogen (secondary N) is 1. The highest BCUT2D eigenvalue weighted by Gasteiger charge is 2.28. The minimum absolute atomic E-state index is 0. The molecule has 176 valence electrons. The number of thiophene rings is 1. The number of amides is 1. The van der Waals surface area contributed by atoms with Gasteiger partial charge in [-0.1, -0.05) is 6.07 Å². The van der Waals surface area contributed by atoms with Gasteiger partial charge in [-0.25, -0.2) is 0 Å². The van der Waals surface area contributed by atoms with E-state index in [-0.39, 0.29) is 29.9 Å². The second-order valence-corrected chi connectivity index (χ2v) is 9.36. The third-order valence-corrected chi connectivity index (χ3v) is 6.89. The van der Waals surface area contributed by atoms with Crippen LogP contribution in [0.25, 0.3) is 0 Å². The van der Waals surface area contributed by atoms with Crippen molar-refractivity contribution < 1.29 is 4.79 Å². The number of hydrogen-bond acceptors (Lipinski definition) is 5. The first kappa shape index (κ1) is 25.0. The normalized spacial score (nSPS) is 18.7. The van der Waals surface area contributed by atoms with Gasteiger partial charge in [-0.05, 0) is 50.2 Å². The van der Waals surface area contributed by atoms with Crippen molar-refractivity contribution in [1.82, 2.24) is 24.9 Å². The third-order valence-electron chi connectivity index (χ3n) is 6.02. The van der Waals surface area contributed by atoms with E-state index in [2.05, 4.69) is 44.7 Å². The van der Waals surface area contributed by atoms with Crippen molar-refractivity contribution in [2.75, 3.05) is 50.7 Å². The maximum Gasteiger partial charge on any atom is 0.246 e. The van der Waals surface area contributed by atoms with Crippen LogP contribution in [0.1, 0.15) is 24.6 Å². The number of aromatic nitrogens is 2. The van der Waals surface area contributed by atoms with Gasteiger partial charge in [-0.15, -0.1) is 35.3 Å². The van der Waals surface area contributed by atoms with E-state index in [0.717, 1.165) is 50.9 Å². The molecule has 0 spiro atoms. The predicted molar refractivity (Wildman–Crippen MR) is 141 cm³/mol. The summed E-state index contributed by atoms with van der Waals surface area (Å²) in [4.78, 5) is 25.6. The molecule has 2 fully saturated rings. The van der Waals surface area contributed by atoms with Gasteiger partial charge < -0.3 is 15.1 Å². The first-order valence-corrected chi connectivity index (χ1v) is 12.1. The van der Waals surface area contributed by atoms with Gasteiger partial charge in [0.15, 0.2) is 5.96 Å². The minimum Gasteiger partial charge on any atom is -0.357 e. The molecule has 32 heavy (non-hydrogen) atoms. The lowest BCUT2D eigenvalue weighted by atomic mass is 9.97. The average molecular weight is 572 g/mol. The molecule has 2 aromatic heterocycles. The summed E-state index contributed by atoms with van der Waals surface area (Å²) in [6.07, 6.45) is 6.00. The van der Waals surface area contributed by atoms with Crippen LogP contribution in [-0.4, -0.2) is 77.3 Å². The number of piperazine rings is 1. The second-order valence-electron chi connectivity index (χ2n) is 8.33. The lowest BCUT2D eigenvalue weighted by molar-refractivity contribution is -0.120. The monoisotopic (exact) mass is 571 g/mol. The van der Waals surface area contributed by atoms with E-state index in [0.29, 0.717) is 19.0 Å². The van der Waals surface area contributed by atoms with Crippen molar-refractivity contribution >= 4 is 52.9 Å². The van der Waals surface area contributed by atoms with E-state index in [1.807, 2.05) is 29.5 Å². The number of likely N-dealkylation sites (tertiary alicyclic amines) is 1. The number of hydrogen-bond donors (Lipinski definition) is 1. The summed E-state index contributed by atoms with van der Waals surface area (Å²) in [6.45, 7) is 8.81. The Kier molecular flexibility index (Phi) is 9.35. The van der Waals surface area contributed by atoms with Crippen molar-refractivity contribution in [1.29, 1.82) is 0 Å². The molecule has 2 saturated heterocycles. The first-order valence-electron chi connectivity index (χ1n) is 11.2. The number of aryl methyl sites for hydroxylation is 1. The SMILES string of the molecule is CCNC(=NCC1CCN(Cc2cccs2)CC1)N1CCN(c2cnn(C)c2)C(=O)C1.I. The zero-order valence-electron chi connectivity index (χ0n) is 18.9. The van der Waals surface area contributed by atoms with E-state index in [1.54, 1.807) is 10.9 Å². The van der Waals surface area contributed by atoms with Gasteiger partial charge in [0.2, 0.25) is 5.91 Å². The number of carbonyl (C=O) groups is 1. The Balaban J connectivity index is 0.00000289. The van der Waals surface area contributed by atoms with Crippen LogP contribution < -0.4 is 10.2 Å². The number of aliphatic imine (C=N–C) groups is 1. The summed E-state index contributed by atoms with van der Waals surface area (Å²) in [5.74, 6) is 1.56. The van der Waals surface area contributed by atoms with Crippen LogP contribution >= 0.6 is 35.3 Å². The maximum absolute atomic E-state index is 12.8. The summed E-state index contributed by atoms with van der Waals surface area (Å²) >= 11 is 1.84. The number of halogens is 1. The van der Waals surface area contributed by atoms with Gasteiger partial charge in [0.05, 0.1) is 11.9 Å². The van der Waals surface area contributed by atoms with Gasteiger partial charge in [-0.2, -0.15) is 5.10 Å². The zero-order valence-corrected chi connectivity index (χ0v) is 22.1. The molecule has 4 heterocycles. The Morgan fingerprint density at radius 3 is 2.72 bits per heavy atom. The van der Waals surface area contributed by atoms with E-state index >= 15 is 0 Å². The van der Waals surface area contributed by atoms with Gasteiger partial charge in [0, 0.05) is 50.8 Å². The van der Waals surface area contributed by atoms with E-state index in [9.17, 15) is 4.79 Å². The summed E-state index contributed by atoms with van der Waals surface area (Å²) in [7, 11) is 1.87. The topological polar surface area (TPSA) is 69.0 Å². The van der Waals surface area contributed by atoms with Crippen LogP contribution in [0.2, 0.25) is 0 Å². The number of guanidine groups is 1. The molecule has 1 N–H and O–H groups in total. The summed E-state index contributed by atoms with van der Waals surface area (Å²) in [6, 6.07) is 4.35. The number of anilines is 1. The van der Waals surface area contributed by atoms with Crippen LogP contribution in [-0.2, 0) is 18.4 Å². The fraction of sp³-hybridized carbons (Fsp3) is 0.591. The molecule has 0 atom stereocenters. The number of nitrogens with zero attached hydrogens (tertiary/aromatic N) is 6. The van der Waals surface area contributed by atoms with Crippen molar-refractivity contribution in [3.63, 3.8) is 0 Å². The second kappa shape index (κ2) is 12.0. The molecule has 10 heteroatoms. The van der Waals surface area contributed by atoms with Crippen molar-refractivity contribution in [2.24, 2.45) is 18.0 Å². The fourth-order valence-corrected chi connectivity index (χ4v) is 5.01. The van der Waals surface area contributed by atoms with Gasteiger partial charge >= 0.3 is 0 Å². The number of rotatable bonds is 6. The molecule has 1 amide bonds. The molecule has 2 aliphatic heterocycles. The van der Waals surface area contributed by atoms with Gasteiger partial charge in [0.25, 0.3) is 0 Å². The molecule has 0 bridgehead atoms. The average Bonchev–Trinajstić information content (AvgIpc) is 3.44. The lowest BCUT2D eigenvalue weighted by Crippen LogP contribution is -2.55. The maximum atomic E-state index is 12.8. The highest BCUT2D eigenvalue weighted by atomic mass is 127. The summed E-state index contributed by atoms with van der Waals surface area (Å²) < 4.78 is 1.73. The van der Waals surface area contributed by atoms with E-state index in [4.69, 9.17) is 4.99 Å². The number of carbonyl (C=O) groups excluding carboxylic acids is 1. The molecule has 0 aliphatic carbocycles. The van der Waals surface area contributed by atoms with E-state index < -0.39 is 0 Å². The Bertz CT molecular complexity index is 877. The Morgan fingerprint density at radius 1 is 1.28 bits per heavy atom. The smallest absolute Gasteiger partial charge is 0.246 e. The molecule has 8 nitrogen and oxygen atoms in total. The van der Waals surface area contributed by atoms with Crippen LogP contribution in [0.4, 0.5) is 5.69 Å². The number of piperidine rings is 1. The summed E-state index contributed by atoms with van der Waals surface area (Å²) in [5, 5.41) is 9.73. The molecule has 0 aromatic carbocycles. The molecule has 2 aromatic rings. The van der Waals surface area contributed by atoms with Crippen molar-refractivity contribution in [2.45, 2.75) is 26.3 Å². The highest BCUT2D eigenvalue weighted by molar-refractivity contribution is 14.0. The molecular formula is C22H34IN7OS. The fourth-order valence-electron chi connectivity index (χ4n) is 4.27. The third kappa shape index (κ3) is 6.44. The summed E-state index contributed by atoms with van der Waals surface area (Å²) in [5.41, 5.74) is 0.864. The van der Waals surface area contributed by atoms with Crippen molar-refractivity contribution in [3.05, 3.63) is 34.8 Å². The van der Waals surface area contributed by atoms with Gasteiger partial charge in [0.1, 0.15) is 6.54 Å². The quantitative estimate of drug-likeness (QED) is 0.328. The lowest BCUT2D eigenvalue weighted by Gasteiger charge is -2.36. The van der Waals surface area contributed by atoms with Crippen LogP contribution in [0.15, 0.2) is 34.9 Å². The first-order chi connectivity index (χ1) is 15.1. The molecule has 4 rings (SSSR count).